The minimum absolute atomic E-state index is 0.119. The molecule has 0 atom stereocenters. The molecule has 98 valence electrons. The fraction of sp³-hybridized carbons (Fsp3) is 0.571. The summed E-state index contributed by atoms with van der Waals surface area (Å²) in [6.45, 7) is 4.81. The summed E-state index contributed by atoms with van der Waals surface area (Å²) < 4.78 is 1.80. The zero-order valence-electron chi connectivity index (χ0n) is 10.9. The van der Waals surface area contributed by atoms with Gasteiger partial charge >= 0.3 is 5.97 Å². The largest absolute Gasteiger partial charge is 0.481 e. The molecule has 1 aromatic heterocycles. The molecule has 0 fully saturated rings. The van der Waals surface area contributed by atoms with Crippen LogP contribution in [0.4, 0.5) is 0 Å². The van der Waals surface area contributed by atoms with Crippen molar-refractivity contribution in [1.29, 1.82) is 0 Å². The van der Waals surface area contributed by atoms with Crippen LogP contribution in [0.2, 0.25) is 0 Å². The number of fused-ring (bicyclic) bond motifs is 1. The standard InChI is InChI=1S/C14H19NO3/c1-9(2)8-15-12-5-3-4-10(12)6-11(14(15)18)7-13(16)17/h6,9H,3-5,7-8H2,1-2H3,(H,16,17). The molecular formula is C14H19NO3. The maximum absolute atomic E-state index is 12.3. The lowest BCUT2D eigenvalue weighted by Gasteiger charge is -2.16. The first-order chi connectivity index (χ1) is 8.49. The maximum atomic E-state index is 12.3. The number of pyridine rings is 1. The van der Waals surface area contributed by atoms with Crippen LogP contribution in [-0.4, -0.2) is 15.6 Å². The molecule has 4 nitrogen and oxygen atoms in total. The van der Waals surface area contributed by atoms with Crippen molar-refractivity contribution >= 4 is 5.97 Å². The number of carboxylic acids is 1. The molecule has 1 aliphatic carbocycles. The zero-order chi connectivity index (χ0) is 13.3. The van der Waals surface area contributed by atoms with Crippen LogP contribution in [0.3, 0.4) is 0 Å². The van der Waals surface area contributed by atoms with Gasteiger partial charge in [-0.2, -0.15) is 0 Å². The third-order valence-electron chi connectivity index (χ3n) is 3.31. The molecule has 18 heavy (non-hydrogen) atoms. The number of carboxylic acid groups (broad SMARTS) is 1. The molecule has 1 aliphatic rings. The van der Waals surface area contributed by atoms with Gasteiger partial charge < -0.3 is 9.67 Å². The summed E-state index contributed by atoms with van der Waals surface area (Å²) in [4.78, 5) is 23.1. The van der Waals surface area contributed by atoms with Crippen LogP contribution < -0.4 is 5.56 Å². The van der Waals surface area contributed by atoms with E-state index in [9.17, 15) is 9.59 Å². The summed E-state index contributed by atoms with van der Waals surface area (Å²) in [5.41, 5.74) is 2.57. The number of hydrogen-bond acceptors (Lipinski definition) is 2. The van der Waals surface area contributed by atoms with E-state index in [-0.39, 0.29) is 12.0 Å². The fourth-order valence-electron chi connectivity index (χ4n) is 2.63. The number of aromatic nitrogens is 1. The molecular weight excluding hydrogens is 230 g/mol. The first-order valence-electron chi connectivity index (χ1n) is 6.45. The molecule has 1 heterocycles. The molecule has 0 aliphatic heterocycles. The van der Waals surface area contributed by atoms with Gasteiger partial charge in [0, 0.05) is 17.8 Å². The normalized spacial score (nSPS) is 13.9. The van der Waals surface area contributed by atoms with E-state index in [1.54, 1.807) is 10.6 Å². The summed E-state index contributed by atoms with van der Waals surface area (Å²) in [7, 11) is 0. The molecule has 0 aromatic carbocycles. The summed E-state index contributed by atoms with van der Waals surface area (Å²) in [5, 5.41) is 8.86. The Morgan fingerprint density at radius 1 is 1.44 bits per heavy atom. The predicted octanol–water partition coefficient (Wildman–Crippen LogP) is 1.62. The molecule has 1 N–H and O–H groups in total. The van der Waals surface area contributed by atoms with Gasteiger partial charge in [-0.3, -0.25) is 9.59 Å². The Kier molecular flexibility index (Phi) is 3.55. The van der Waals surface area contributed by atoms with Crippen molar-refractivity contribution in [3.8, 4) is 0 Å². The number of nitrogens with zero attached hydrogens (tertiary/aromatic N) is 1. The van der Waals surface area contributed by atoms with E-state index in [1.165, 1.54) is 0 Å². The minimum Gasteiger partial charge on any atom is -0.481 e. The van der Waals surface area contributed by atoms with Gasteiger partial charge in [0.1, 0.15) is 0 Å². The number of aryl methyl sites for hydroxylation is 1. The Balaban J connectivity index is 2.52. The van der Waals surface area contributed by atoms with E-state index in [1.807, 2.05) is 0 Å². The van der Waals surface area contributed by atoms with E-state index in [2.05, 4.69) is 13.8 Å². The van der Waals surface area contributed by atoms with Gasteiger partial charge in [0.05, 0.1) is 6.42 Å². The molecule has 0 amide bonds. The summed E-state index contributed by atoms with van der Waals surface area (Å²) >= 11 is 0. The monoisotopic (exact) mass is 249 g/mol. The molecule has 0 spiro atoms. The molecule has 2 rings (SSSR count). The van der Waals surface area contributed by atoms with Crippen LogP contribution in [0.25, 0.3) is 0 Å². The lowest BCUT2D eigenvalue weighted by atomic mass is 10.1. The van der Waals surface area contributed by atoms with Crippen molar-refractivity contribution in [2.45, 2.75) is 46.1 Å². The van der Waals surface area contributed by atoms with Crippen molar-refractivity contribution < 1.29 is 9.90 Å². The van der Waals surface area contributed by atoms with Gasteiger partial charge in [-0.25, -0.2) is 0 Å². The second-order valence-electron chi connectivity index (χ2n) is 5.38. The van der Waals surface area contributed by atoms with Crippen molar-refractivity contribution in [1.82, 2.24) is 4.57 Å². The first-order valence-corrected chi connectivity index (χ1v) is 6.45. The van der Waals surface area contributed by atoms with Crippen molar-refractivity contribution in [3.63, 3.8) is 0 Å². The van der Waals surface area contributed by atoms with Gasteiger partial charge in [-0.05, 0) is 36.8 Å². The van der Waals surface area contributed by atoms with Crippen molar-refractivity contribution in [2.24, 2.45) is 5.92 Å². The van der Waals surface area contributed by atoms with Gasteiger partial charge in [0.25, 0.3) is 5.56 Å². The van der Waals surface area contributed by atoms with E-state index in [0.29, 0.717) is 18.0 Å². The van der Waals surface area contributed by atoms with Crippen molar-refractivity contribution in [2.75, 3.05) is 0 Å². The molecule has 0 unspecified atom stereocenters. The molecule has 0 saturated carbocycles. The number of rotatable bonds is 4. The zero-order valence-corrected chi connectivity index (χ0v) is 10.9. The van der Waals surface area contributed by atoms with Gasteiger partial charge in [-0.15, -0.1) is 0 Å². The molecule has 0 bridgehead atoms. The lowest BCUT2D eigenvalue weighted by Crippen LogP contribution is -2.29. The van der Waals surface area contributed by atoms with E-state index >= 15 is 0 Å². The van der Waals surface area contributed by atoms with Crippen molar-refractivity contribution in [3.05, 3.63) is 33.2 Å². The van der Waals surface area contributed by atoms with Crippen LogP contribution in [-0.2, 0) is 30.6 Å². The van der Waals surface area contributed by atoms with Crippen LogP contribution in [0, 0.1) is 5.92 Å². The topological polar surface area (TPSA) is 59.3 Å². The van der Waals surface area contributed by atoms with Crippen LogP contribution in [0.5, 0.6) is 0 Å². The Labute approximate surface area is 106 Å². The van der Waals surface area contributed by atoms with E-state index in [0.717, 1.165) is 30.5 Å². The summed E-state index contributed by atoms with van der Waals surface area (Å²) in [6.07, 6.45) is 2.78. The predicted molar refractivity (Wildman–Crippen MR) is 68.9 cm³/mol. The average Bonchev–Trinajstić information content (AvgIpc) is 2.70. The Morgan fingerprint density at radius 3 is 2.78 bits per heavy atom. The highest BCUT2D eigenvalue weighted by Gasteiger charge is 2.20. The van der Waals surface area contributed by atoms with Crippen LogP contribution in [0.1, 0.15) is 37.1 Å². The van der Waals surface area contributed by atoms with Crippen LogP contribution >= 0.6 is 0 Å². The number of aliphatic carboxylic acids is 1. The molecule has 0 radical (unpaired) electrons. The number of hydrogen-bond donors (Lipinski definition) is 1. The Morgan fingerprint density at radius 2 is 2.17 bits per heavy atom. The third kappa shape index (κ3) is 2.47. The first kappa shape index (κ1) is 12.9. The van der Waals surface area contributed by atoms with Gasteiger partial charge in [0.15, 0.2) is 0 Å². The third-order valence-corrected chi connectivity index (χ3v) is 3.31. The van der Waals surface area contributed by atoms with Crippen LogP contribution in [0.15, 0.2) is 10.9 Å². The second kappa shape index (κ2) is 4.96. The number of carbonyl (C=O) groups is 1. The highest BCUT2D eigenvalue weighted by atomic mass is 16.4. The summed E-state index contributed by atoms with van der Waals surface area (Å²) in [6, 6.07) is 1.80. The molecule has 4 heteroatoms. The Hall–Kier alpha value is -1.58. The lowest BCUT2D eigenvalue weighted by molar-refractivity contribution is -0.136. The maximum Gasteiger partial charge on any atom is 0.308 e. The van der Waals surface area contributed by atoms with Gasteiger partial charge in [0.2, 0.25) is 0 Å². The highest BCUT2D eigenvalue weighted by molar-refractivity contribution is 5.70. The highest BCUT2D eigenvalue weighted by Crippen LogP contribution is 2.22. The van der Waals surface area contributed by atoms with E-state index < -0.39 is 5.97 Å². The quantitative estimate of drug-likeness (QED) is 0.882. The minimum atomic E-state index is -0.943. The van der Waals surface area contributed by atoms with E-state index in [4.69, 9.17) is 5.11 Å². The summed E-state index contributed by atoms with van der Waals surface area (Å²) in [5.74, 6) is -0.561. The average molecular weight is 249 g/mol. The Bertz CT molecular complexity index is 529. The smallest absolute Gasteiger partial charge is 0.308 e. The molecule has 0 saturated heterocycles. The molecule has 1 aromatic rings. The SMILES string of the molecule is CC(C)Cn1c2c(cc(CC(=O)O)c1=O)CCC2. The second-order valence-corrected chi connectivity index (χ2v) is 5.38. The van der Waals surface area contributed by atoms with Gasteiger partial charge in [-0.1, -0.05) is 13.8 Å². The fourth-order valence-corrected chi connectivity index (χ4v) is 2.63.